The van der Waals surface area contributed by atoms with Crippen LogP contribution in [0.2, 0.25) is 5.02 Å². The van der Waals surface area contributed by atoms with Crippen molar-refractivity contribution in [3.63, 3.8) is 0 Å². The molecular formula is C14H11ClF3N5O. The third kappa shape index (κ3) is 2.60. The standard InChI is InChI=1S/C14H11ClF3N5O/c1-6-7(4-3-5-8(6)19)12-20-13(24-22-12)10-9(15)11(14(16,17)18)21-23(10)2/h3-5H,19H2,1-2H3. The van der Waals surface area contributed by atoms with Crippen LogP contribution in [0.25, 0.3) is 23.0 Å². The summed E-state index contributed by atoms with van der Waals surface area (Å²) in [6, 6.07) is 5.16. The van der Waals surface area contributed by atoms with Crippen LogP contribution in [0.5, 0.6) is 0 Å². The molecule has 126 valence electrons. The Morgan fingerprint density at radius 2 is 2.00 bits per heavy atom. The van der Waals surface area contributed by atoms with Gasteiger partial charge in [0.05, 0.1) is 0 Å². The predicted octanol–water partition coefficient (Wildman–Crippen LogP) is 3.70. The molecule has 0 amide bonds. The Labute approximate surface area is 139 Å². The summed E-state index contributed by atoms with van der Waals surface area (Å²) in [5, 5.41) is 6.59. The molecule has 0 saturated carbocycles. The van der Waals surface area contributed by atoms with Crippen LogP contribution in [0.3, 0.4) is 0 Å². The van der Waals surface area contributed by atoms with E-state index in [0.29, 0.717) is 11.3 Å². The third-order valence-corrected chi connectivity index (χ3v) is 3.86. The van der Waals surface area contributed by atoms with Crippen LogP contribution in [-0.2, 0) is 13.2 Å². The van der Waals surface area contributed by atoms with Gasteiger partial charge in [-0.2, -0.15) is 23.3 Å². The Kier molecular flexibility index (Phi) is 3.75. The molecule has 2 aromatic heterocycles. The van der Waals surface area contributed by atoms with Gasteiger partial charge < -0.3 is 10.3 Å². The van der Waals surface area contributed by atoms with Crippen LogP contribution in [-0.4, -0.2) is 19.9 Å². The minimum Gasteiger partial charge on any atom is -0.398 e. The van der Waals surface area contributed by atoms with Crippen molar-refractivity contribution in [1.82, 2.24) is 19.9 Å². The van der Waals surface area contributed by atoms with Gasteiger partial charge in [-0.1, -0.05) is 28.9 Å². The Morgan fingerprint density at radius 1 is 1.29 bits per heavy atom. The Hall–Kier alpha value is -2.55. The van der Waals surface area contributed by atoms with Crippen LogP contribution in [0.1, 0.15) is 11.3 Å². The molecule has 2 N–H and O–H groups in total. The van der Waals surface area contributed by atoms with E-state index in [0.717, 1.165) is 10.2 Å². The summed E-state index contributed by atoms with van der Waals surface area (Å²) >= 11 is 5.81. The number of aryl methyl sites for hydroxylation is 1. The van der Waals surface area contributed by atoms with Crippen LogP contribution in [0, 0.1) is 6.92 Å². The number of nitrogens with zero attached hydrogens (tertiary/aromatic N) is 4. The zero-order valence-corrected chi connectivity index (χ0v) is 13.3. The van der Waals surface area contributed by atoms with Crippen molar-refractivity contribution in [2.24, 2.45) is 7.05 Å². The van der Waals surface area contributed by atoms with Crippen molar-refractivity contribution in [2.45, 2.75) is 13.1 Å². The van der Waals surface area contributed by atoms with E-state index < -0.39 is 16.9 Å². The first kappa shape index (κ1) is 16.3. The van der Waals surface area contributed by atoms with Gasteiger partial charge in [-0.25, -0.2) is 0 Å². The van der Waals surface area contributed by atoms with Crippen LogP contribution < -0.4 is 5.73 Å². The number of alkyl halides is 3. The second-order valence-electron chi connectivity index (χ2n) is 5.08. The average Bonchev–Trinajstić information content (AvgIpc) is 3.06. The molecule has 0 unspecified atom stereocenters. The molecule has 0 aliphatic heterocycles. The molecule has 0 radical (unpaired) electrons. The van der Waals surface area contributed by atoms with Crippen LogP contribution in [0.4, 0.5) is 18.9 Å². The molecule has 6 nitrogen and oxygen atoms in total. The normalized spacial score (nSPS) is 11.9. The van der Waals surface area contributed by atoms with Gasteiger partial charge in [0.15, 0.2) is 5.69 Å². The van der Waals surface area contributed by atoms with E-state index >= 15 is 0 Å². The summed E-state index contributed by atoms with van der Waals surface area (Å²) < 4.78 is 44.7. The monoisotopic (exact) mass is 357 g/mol. The molecule has 0 aliphatic carbocycles. The number of halogens is 4. The van der Waals surface area contributed by atoms with Gasteiger partial charge in [0.2, 0.25) is 5.82 Å². The molecule has 0 saturated heterocycles. The summed E-state index contributed by atoms with van der Waals surface area (Å²) in [7, 11) is 1.31. The summed E-state index contributed by atoms with van der Waals surface area (Å²) in [5.74, 6) is 0.0305. The van der Waals surface area contributed by atoms with Crippen molar-refractivity contribution < 1.29 is 17.7 Å². The largest absolute Gasteiger partial charge is 0.436 e. The maximum atomic E-state index is 12.9. The van der Waals surface area contributed by atoms with Crippen molar-refractivity contribution in [3.8, 4) is 23.0 Å². The molecule has 24 heavy (non-hydrogen) atoms. The fourth-order valence-corrected chi connectivity index (χ4v) is 2.58. The molecule has 0 bridgehead atoms. The van der Waals surface area contributed by atoms with E-state index in [4.69, 9.17) is 21.9 Å². The molecule has 1 aromatic carbocycles. The van der Waals surface area contributed by atoms with Crippen molar-refractivity contribution in [3.05, 3.63) is 34.5 Å². The van der Waals surface area contributed by atoms with E-state index in [1.807, 2.05) is 0 Å². The lowest BCUT2D eigenvalue weighted by Crippen LogP contribution is -2.07. The lowest BCUT2D eigenvalue weighted by atomic mass is 10.1. The lowest BCUT2D eigenvalue weighted by Gasteiger charge is -2.03. The van der Waals surface area contributed by atoms with E-state index in [9.17, 15) is 13.2 Å². The van der Waals surface area contributed by atoms with E-state index in [-0.39, 0.29) is 17.4 Å². The lowest BCUT2D eigenvalue weighted by molar-refractivity contribution is -0.141. The second kappa shape index (κ2) is 5.52. The minimum atomic E-state index is -4.68. The van der Waals surface area contributed by atoms with Crippen molar-refractivity contribution in [1.29, 1.82) is 0 Å². The molecule has 0 atom stereocenters. The number of nitrogen functional groups attached to an aromatic ring is 1. The maximum absolute atomic E-state index is 12.9. The fourth-order valence-electron chi connectivity index (χ4n) is 2.24. The number of benzene rings is 1. The Bertz CT molecular complexity index is 916. The highest BCUT2D eigenvalue weighted by atomic mass is 35.5. The third-order valence-electron chi connectivity index (χ3n) is 3.50. The quantitative estimate of drug-likeness (QED) is 0.707. The Balaban J connectivity index is 2.10. The van der Waals surface area contributed by atoms with Gasteiger partial charge in [0, 0.05) is 18.3 Å². The highest BCUT2D eigenvalue weighted by molar-refractivity contribution is 6.33. The van der Waals surface area contributed by atoms with Gasteiger partial charge in [0.1, 0.15) is 10.7 Å². The summed E-state index contributed by atoms with van der Waals surface area (Å²) in [5.41, 5.74) is 6.40. The SMILES string of the molecule is Cc1c(N)cccc1-c1noc(-c2c(Cl)c(C(F)(F)F)nn2C)n1. The number of hydrogen-bond acceptors (Lipinski definition) is 5. The molecule has 0 fully saturated rings. The molecule has 3 aromatic rings. The molecule has 0 aliphatic rings. The second-order valence-corrected chi connectivity index (χ2v) is 5.45. The highest BCUT2D eigenvalue weighted by Gasteiger charge is 2.39. The van der Waals surface area contributed by atoms with Gasteiger partial charge in [-0.3, -0.25) is 4.68 Å². The molecule has 2 heterocycles. The molecule has 0 spiro atoms. The zero-order valence-electron chi connectivity index (χ0n) is 12.5. The number of aromatic nitrogens is 4. The predicted molar refractivity (Wildman–Crippen MR) is 81.1 cm³/mol. The molecule has 10 heteroatoms. The summed E-state index contributed by atoms with van der Waals surface area (Å²) in [6.07, 6.45) is -4.68. The first-order valence-electron chi connectivity index (χ1n) is 6.69. The molecule has 3 rings (SSSR count). The highest BCUT2D eigenvalue weighted by Crippen LogP contribution is 2.39. The van der Waals surface area contributed by atoms with Crippen LogP contribution in [0.15, 0.2) is 22.7 Å². The number of rotatable bonds is 2. The smallest absolute Gasteiger partial charge is 0.398 e. The Morgan fingerprint density at radius 3 is 2.62 bits per heavy atom. The van der Waals surface area contributed by atoms with Crippen molar-refractivity contribution in [2.75, 3.05) is 5.73 Å². The first-order chi connectivity index (χ1) is 11.2. The van der Waals surface area contributed by atoms with Crippen molar-refractivity contribution >= 4 is 17.3 Å². The number of anilines is 1. The van der Waals surface area contributed by atoms with Crippen LogP contribution >= 0.6 is 11.6 Å². The average molecular weight is 358 g/mol. The topological polar surface area (TPSA) is 82.8 Å². The summed E-state index contributed by atoms with van der Waals surface area (Å²) in [6.45, 7) is 1.78. The fraction of sp³-hybridized carbons (Fsp3) is 0.214. The van der Waals surface area contributed by atoms with E-state index in [1.165, 1.54) is 7.05 Å². The number of hydrogen-bond donors (Lipinski definition) is 1. The van der Waals surface area contributed by atoms with E-state index in [1.54, 1.807) is 25.1 Å². The van der Waals surface area contributed by atoms with Gasteiger partial charge in [-0.15, -0.1) is 0 Å². The van der Waals surface area contributed by atoms with Gasteiger partial charge >= 0.3 is 6.18 Å². The number of nitrogens with two attached hydrogens (primary N) is 1. The summed E-state index contributed by atoms with van der Waals surface area (Å²) in [4.78, 5) is 4.12. The van der Waals surface area contributed by atoms with E-state index in [2.05, 4.69) is 15.2 Å². The molecular weight excluding hydrogens is 347 g/mol. The zero-order chi connectivity index (χ0) is 17.6. The first-order valence-corrected chi connectivity index (χ1v) is 7.07. The minimum absolute atomic E-state index is 0.107. The maximum Gasteiger partial charge on any atom is 0.436 e. The van der Waals surface area contributed by atoms with Gasteiger partial charge in [-0.05, 0) is 18.6 Å². The van der Waals surface area contributed by atoms with Gasteiger partial charge in [0.25, 0.3) is 5.89 Å².